The van der Waals surface area contributed by atoms with Crippen molar-refractivity contribution in [2.24, 2.45) is 11.8 Å². The summed E-state index contributed by atoms with van der Waals surface area (Å²) in [5, 5.41) is 3.88. The van der Waals surface area contributed by atoms with E-state index >= 15 is 0 Å². The van der Waals surface area contributed by atoms with Crippen LogP contribution < -0.4 is 5.32 Å². The Morgan fingerprint density at radius 2 is 1.92 bits per heavy atom. The second-order valence-corrected chi connectivity index (χ2v) is 5.27. The molecule has 0 saturated carbocycles. The van der Waals surface area contributed by atoms with E-state index in [9.17, 15) is 0 Å². The Morgan fingerprint density at radius 3 is 2.31 bits per heavy atom. The summed E-state index contributed by atoms with van der Waals surface area (Å²) in [5.41, 5.74) is 0. The fourth-order valence-electron chi connectivity index (χ4n) is 1.27. The van der Waals surface area contributed by atoms with E-state index in [1.54, 1.807) is 0 Å². The number of nitrogens with one attached hydrogen (secondary N) is 1. The van der Waals surface area contributed by atoms with E-state index in [-0.39, 0.29) is 0 Å². The summed E-state index contributed by atoms with van der Waals surface area (Å²) in [7, 11) is 7.68. The van der Waals surface area contributed by atoms with E-state index in [0.717, 1.165) is 18.1 Å². The molecule has 0 rings (SSSR count). The fraction of sp³-hybridized carbons (Fsp3) is 1.00. The molecule has 0 spiro atoms. The first-order chi connectivity index (χ1) is 6.11. The molecular weight excluding hydrogens is 177 g/mol. The maximum atomic E-state index is 5.69. The lowest BCUT2D eigenvalue weighted by Gasteiger charge is -2.24. The molecule has 0 aromatic carbocycles. The van der Waals surface area contributed by atoms with Crippen molar-refractivity contribution in [3.63, 3.8) is 0 Å². The van der Waals surface area contributed by atoms with E-state index < -0.39 is 0 Å². The lowest BCUT2D eigenvalue weighted by molar-refractivity contribution is 0.489. The van der Waals surface area contributed by atoms with Crippen LogP contribution in [-0.4, -0.2) is 26.0 Å². The Bertz CT molecular complexity index is 119. The first-order valence-electron chi connectivity index (χ1n) is 5.08. The van der Waals surface area contributed by atoms with Gasteiger partial charge in [-0.05, 0) is 25.3 Å². The average molecular weight is 199 g/mol. The standard InChI is InChI=1S/C10H22BNS/c1-8(2)5-10(9(3)6-11)13-7-12-4/h8-10,12H,5-7H2,1-4H3. The van der Waals surface area contributed by atoms with Crippen LogP contribution in [0.2, 0.25) is 6.32 Å². The van der Waals surface area contributed by atoms with Gasteiger partial charge in [-0.3, -0.25) is 0 Å². The van der Waals surface area contributed by atoms with Gasteiger partial charge in [-0.15, -0.1) is 11.8 Å². The number of thioether (sulfide) groups is 1. The maximum Gasteiger partial charge on any atom is 0.0657 e. The smallest absolute Gasteiger partial charge is 0.0657 e. The highest BCUT2D eigenvalue weighted by atomic mass is 32.2. The van der Waals surface area contributed by atoms with Crippen molar-refractivity contribution in [1.82, 2.24) is 5.32 Å². The van der Waals surface area contributed by atoms with Gasteiger partial charge in [0.25, 0.3) is 0 Å². The molecule has 0 aromatic heterocycles. The van der Waals surface area contributed by atoms with E-state index in [0.29, 0.717) is 11.2 Å². The quantitative estimate of drug-likeness (QED) is 0.499. The SMILES string of the molecule is [B]CC(C)C(CC(C)C)SCNC. The van der Waals surface area contributed by atoms with Crippen molar-refractivity contribution in [1.29, 1.82) is 0 Å². The average Bonchev–Trinajstić information content (AvgIpc) is 2.10. The van der Waals surface area contributed by atoms with Crippen LogP contribution in [0.25, 0.3) is 0 Å². The summed E-state index contributed by atoms with van der Waals surface area (Å²) in [6.45, 7) is 6.79. The molecule has 0 aromatic rings. The van der Waals surface area contributed by atoms with E-state index in [2.05, 4.69) is 26.1 Å². The van der Waals surface area contributed by atoms with Crippen molar-refractivity contribution in [3.8, 4) is 0 Å². The first kappa shape index (κ1) is 13.4. The zero-order valence-electron chi connectivity index (χ0n) is 9.34. The molecular formula is C10H22BNS. The fourth-order valence-corrected chi connectivity index (χ4v) is 2.61. The molecule has 0 aliphatic carbocycles. The molecule has 3 heteroatoms. The lowest BCUT2D eigenvalue weighted by atomic mass is 9.87. The summed E-state index contributed by atoms with van der Waals surface area (Å²) in [4.78, 5) is 0. The van der Waals surface area contributed by atoms with Crippen LogP contribution >= 0.6 is 11.8 Å². The second-order valence-electron chi connectivity index (χ2n) is 4.05. The van der Waals surface area contributed by atoms with Gasteiger partial charge in [0, 0.05) is 11.1 Å². The highest BCUT2D eigenvalue weighted by Gasteiger charge is 2.16. The van der Waals surface area contributed by atoms with Gasteiger partial charge in [-0.2, -0.15) is 0 Å². The van der Waals surface area contributed by atoms with Crippen LogP contribution in [0.5, 0.6) is 0 Å². The van der Waals surface area contributed by atoms with Gasteiger partial charge in [0.2, 0.25) is 0 Å². The van der Waals surface area contributed by atoms with E-state index in [1.165, 1.54) is 6.42 Å². The summed E-state index contributed by atoms with van der Waals surface area (Å²) in [6.07, 6.45) is 2.07. The predicted octanol–water partition coefficient (Wildman–Crippen LogP) is 2.53. The van der Waals surface area contributed by atoms with Crippen molar-refractivity contribution in [2.45, 2.75) is 38.8 Å². The Morgan fingerprint density at radius 1 is 1.31 bits per heavy atom. The summed E-state index contributed by atoms with van der Waals surface area (Å²) in [5.74, 6) is 2.42. The summed E-state index contributed by atoms with van der Waals surface area (Å²) >= 11 is 1.99. The van der Waals surface area contributed by atoms with Gasteiger partial charge in [0.05, 0.1) is 7.85 Å². The van der Waals surface area contributed by atoms with Crippen LogP contribution in [-0.2, 0) is 0 Å². The second kappa shape index (κ2) is 7.75. The monoisotopic (exact) mass is 199 g/mol. The van der Waals surface area contributed by atoms with E-state index in [1.807, 2.05) is 18.8 Å². The molecule has 0 heterocycles. The van der Waals surface area contributed by atoms with Crippen LogP contribution in [0.15, 0.2) is 0 Å². The maximum absolute atomic E-state index is 5.69. The molecule has 13 heavy (non-hydrogen) atoms. The molecule has 76 valence electrons. The van der Waals surface area contributed by atoms with Gasteiger partial charge < -0.3 is 5.32 Å². The predicted molar refractivity (Wildman–Crippen MR) is 64.5 cm³/mol. The lowest BCUT2D eigenvalue weighted by Crippen LogP contribution is -2.19. The third-order valence-corrected chi connectivity index (χ3v) is 3.69. The molecule has 0 saturated heterocycles. The molecule has 0 aliphatic heterocycles. The van der Waals surface area contributed by atoms with Gasteiger partial charge in [-0.25, -0.2) is 0 Å². The third kappa shape index (κ3) is 6.45. The Hall–Kier alpha value is 0.375. The van der Waals surface area contributed by atoms with Crippen LogP contribution in [0.1, 0.15) is 27.2 Å². The largest absolute Gasteiger partial charge is 0.311 e. The van der Waals surface area contributed by atoms with Crippen LogP contribution in [0, 0.1) is 11.8 Å². The topological polar surface area (TPSA) is 12.0 Å². The molecule has 0 bridgehead atoms. The molecule has 0 amide bonds. The van der Waals surface area contributed by atoms with Gasteiger partial charge in [0.15, 0.2) is 0 Å². The van der Waals surface area contributed by atoms with Gasteiger partial charge in [-0.1, -0.05) is 27.1 Å². The number of rotatable bonds is 7. The van der Waals surface area contributed by atoms with Gasteiger partial charge >= 0.3 is 0 Å². The number of hydrogen-bond donors (Lipinski definition) is 1. The molecule has 0 aliphatic rings. The van der Waals surface area contributed by atoms with E-state index in [4.69, 9.17) is 7.85 Å². The molecule has 2 radical (unpaired) electrons. The Labute approximate surface area is 88.8 Å². The molecule has 0 fully saturated rings. The minimum Gasteiger partial charge on any atom is -0.311 e. The zero-order chi connectivity index (χ0) is 10.3. The first-order valence-corrected chi connectivity index (χ1v) is 6.13. The van der Waals surface area contributed by atoms with Crippen LogP contribution in [0.3, 0.4) is 0 Å². The Balaban J connectivity index is 3.87. The zero-order valence-corrected chi connectivity index (χ0v) is 10.2. The third-order valence-electron chi connectivity index (χ3n) is 2.15. The minimum absolute atomic E-state index is 0.626. The van der Waals surface area contributed by atoms with Crippen molar-refractivity contribution >= 4 is 19.6 Å². The minimum atomic E-state index is 0.626. The highest BCUT2D eigenvalue weighted by Crippen LogP contribution is 2.27. The van der Waals surface area contributed by atoms with Crippen molar-refractivity contribution in [3.05, 3.63) is 0 Å². The molecule has 1 nitrogen and oxygen atoms in total. The summed E-state index contributed by atoms with van der Waals surface area (Å²) in [6, 6.07) is 0. The normalized spacial score (nSPS) is 16.1. The van der Waals surface area contributed by atoms with Crippen molar-refractivity contribution < 1.29 is 0 Å². The summed E-state index contributed by atoms with van der Waals surface area (Å²) < 4.78 is 0. The molecule has 1 N–H and O–H groups in total. The Kier molecular flexibility index (Phi) is 7.97. The molecule has 2 unspecified atom stereocenters. The number of hydrogen-bond acceptors (Lipinski definition) is 2. The highest BCUT2D eigenvalue weighted by molar-refractivity contribution is 7.99. The molecule has 2 atom stereocenters. The van der Waals surface area contributed by atoms with Crippen molar-refractivity contribution in [2.75, 3.05) is 12.9 Å². The van der Waals surface area contributed by atoms with Crippen LogP contribution in [0.4, 0.5) is 0 Å². The van der Waals surface area contributed by atoms with Gasteiger partial charge in [0.1, 0.15) is 0 Å².